The van der Waals surface area contributed by atoms with Crippen molar-refractivity contribution >= 4 is 39.8 Å². The molecule has 152 valence electrons. The summed E-state index contributed by atoms with van der Waals surface area (Å²) in [7, 11) is 0. The molecule has 1 aromatic carbocycles. The van der Waals surface area contributed by atoms with Crippen molar-refractivity contribution in [2.45, 2.75) is 20.3 Å². The van der Waals surface area contributed by atoms with Gasteiger partial charge in [-0.15, -0.1) is 11.3 Å². The van der Waals surface area contributed by atoms with Crippen LogP contribution < -0.4 is 5.32 Å². The van der Waals surface area contributed by atoms with Crippen LogP contribution in [0.5, 0.6) is 0 Å². The maximum absolute atomic E-state index is 12.3. The fourth-order valence-corrected chi connectivity index (χ4v) is 3.51. The minimum Gasteiger partial charge on any atom is -0.455 e. The molecule has 8 nitrogen and oxygen atoms in total. The molecule has 0 aliphatic heterocycles. The molecule has 0 aliphatic rings. The van der Waals surface area contributed by atoms with Gasteiger partial charge in [0.25, 0.3) is 11.8 Å². The number of hydrogen-bond donors (Lipinski definition) is 1. The van der Waals surface area contributed by atoms with E-state index < -0.39 is 11.9 Å². The lowest BCUT2D eigenvalue weighted by Gasteiger charge is -2.18. The van der Waals surface area contributed by atoms with Crippen LogP contribution >= 0.6 is 11.3 Å². The summed E-state index contributed by atoms with van der Waals surface area (Å²) in [6.07, 6.45) is 3.62. The number of nitrogens with zero attached hydrogens (tertiary/aromatic N) is 3. The summed E-state index contributed by atoms with van der Waals surface area (Å²) in [5, 5.41) is 4.55. The minimum atomic E-state index is -0.522. The number of thiazole rings is 1. The average molecular weight is 414 g/mol. The van der Waals surface area contributed by atoms with Crippen LogP contribution in [0.25, 0.3) is 4.96 Å². The second kappa shape index (κ2) is 9.33. The van der Waals surface area contributed by atoms with Crippen molar-refractivity contribution in [2.75, 3.05) is 25.0 Å². The number of imidazole rings is 1. The molecule has 0 bridgehead atoms. The first kappa shape index (κ1) is 20.5. The SMILES string of the molecule is CCN(CC)C(=O)c1ccc(NC(=O)COC(=O)Cc2cn3ccsc3n2)cc1. The Labute approximate surface area is 172 Å². The second-order valence-electron chi connectivity index (χ2n) is 6.27. The molecular formula is C20H22N4O4S. The van der Waals surface area contributed by atoms with Gasteiger partial charge < -0.3 is 15.0 Å². The lowest BCUT2D eigenvalue weighted by Crippen LogP contribution is -2.30. The second-order valence-corrected chi connectivity index (χ2v) is 7.14. The highest BCUT2D eigenvalue weighted by molar-refractivity contribution is 7.15. The van der Waals surface area contributed by atoms with E-state index in [0.717, 1.165) is 4.96 Å². The van der Waals surface area contributed by atoms with Gasteiger partial charge in [0.2, 0.25) is 0 Å². The highest BCUT2D eigenvalue weighted by Crippen LogP contribution is 2.13. The van der Waals surface area contributed by atoms with Crippen LogP contribution in [0.15, 0.2) is 42.0 Å². The smallest absolute Gasteiger partial charge is 0.312 e. The zero-order valence-corrected chi connectivity index (χ0v) is 17.1. The van der Waals surface area contributed by atoms with Gasteiger partial charge in [-0.25, -0.2) is 4.98 Å². The zero-order valence-electron chi connectivity index (χ0n) is 16.3. The maximum atomic E-state index is 12.3. The number of carbonyl (C=O) groups is 3. The number of esters is 1. The molecule has 0 saturated heterocycles. The Balaban J connectivity index is 1.46. The number of hydrogen-bond acceptors (Lipinski definition) is 6. The van der Waals surface area contributed by atoms with E-state index in [2.05, 4.69) is 10.3 Å². The maximum Gasteiger partial charge on any atom is 0.312 e. The molecule has 0 fully saturated rings. The third-order valence-corrected chi connectivity index (χ3v) is 5.07. The molecule has 0 unspecified atom stereocenters. The number of ether oxygens (including phenoxy) is 1. The first-order valence-corrected chi connectivity index (χ1v) is 10.1. The summed E-state index contributed by atoms with van der Waals surface area (Å²) >= 11 is 1.47. The predicted octanol–water partition coefficient (Wildman–Crippen LogP) is 2.60. The number of amides is 2. The average Bonchev–Trinajstić information content (AvgIpc) is 3.29. The third-order valence-electron chi connectivity index (χ3n) is 4.30. The topological polar surface area (TPSA) is 93.0 Å². The molecular weight excluding hydrogens is 392 g/mol. The number of anilines is 1. The van der Waals surface area contributed by atoms with Gasteiger partial charge >= 0.3 is 5.97 Å². The summed E-state index contributed by atoms with van der Waals surface area (Å²) in [5.74, 6) is -1.03. The molecule has 3 rings (SSSR count). The number of fused-ring (bicyclic) bond motifs is 1. The molecule has 0 atom stereocenters. The Bertz CT molecular complexity index is 977. The molecule has 0 radical (unpaired) electrons. The van der Waals surface area contributed by atoms with Crippen LogP contribution in [0, 0.1) is 0 Å². The Kier molecular flexibility index (Phi) is 6.61. The summed E-state index contributed by atoms with van der Waals surface area (Å²) in [6, 6.07) is 6.61. The molecule has 0 aliphatic carbocycles. The van der Waals surface area contributed by atoms with Crippen LogP contribution in [0.2, 0.25) is 0 Å². The van der Waals surface area contributed by atoms with Gasteiger partial charge in [0.05, 0.1) is 12.1 Å². The molecule has 9 heteroatoms. The Hall–Kier alpha value is -3.20. The fourth-order valence-electron chi connectivity index (χ4n) is 2.79. The molecule has 1 N–H and O–H groups in total. The van der Waals surface area contributed by atoms with Crippen LogP contribution in [0.1, 0.15) is 29.9 Å². The summed E-state index contributed by atoms with van der Waals surface area (Å²) < 4.78 is 6.85. The number of carbonyl (C=O) groups excluding carboxylic acids is 3. The van der Waals surface area contributed by atoms with Crippen LogP contribution in [-0.4, -0.2) is 51.8 Å². The van der Waals surface area contributed by atoms with Crippen LogP contribution in [-0.2, 0) is 20.7 Å². The van der Waals surface area contributed by atoms with E-state index in [1.54, 1.807) is 35.4 Å². The van der Waals surface area contributed by atoms with Gasteiger partial charge in [-0.1, -0.05) is 0 Å². The van der Waals surface area contributed by atoms with Crippen LogP contribution in [0.4, 0.5) is 5.69 Å². The number of rotatable bonds is 8. The Morgan fingerprint density at radius 2 is 1.90 bits per heavy atom. The largest absolute Gasteiger partial charge is 0.455 e. The van der Waals surface area contributed by atoms with Crippen LogP contribution in [0.3, 0.4) is 0 Å². The molecule has 2 aromatic heterocycles. The van der Waals surface area contributed by atoms with E-state index in [1.165, 1.54) is 11.3 Å². The normalized spacial score (nSPS) is 10.7. The summed E-state index contributed by atoms with van der Waals surface area (Å²) in [6.45, 7) is 4.73. The van der Waals surface area contributed by atoms with Crippen molar-refractivity contribution < 1.29 is 19.1 Å². The lowest BCUT2D eigenvalue weighted by molar-refractivity contribution is -0.146. The monoisotopic (exact) mass is 414 g/mol. The van der Waals surface area contributed by atoms with Gasteiger partial charge in [-0.3, -0.25) is 18.8 Å². The van der Waals surface area contributed by atoms with Gasteiger partial charge in [0.15, 0.2) is 11.6 Å². The molecule has 2 heterocycles. The summed E-state index contributed by atoms with van der Waals surface area (Å²) in [5.41, 5.74) is 1.67. The predicted molar refractivity (Wildman–Crippen MR) is 110 cm³/mol. The first-order valence-electron chi connectivity index (χ1n) is 9.26. The van der Waals surface area contributed by atoms with E-state index in [9.17, 15) is 14.4 Å². The van der Waals surface area contributed by atoms with Gasteiger partial charge in [-0.05, 0) is 38.1 Å². The van der Waals surface area contributed by atoms with Crippen molar-refractivity contribution in [3.63, 3.8) is 0 Å². The van der Waals surface area contributed by atoms with E-state index in [0.29, 0.717) is 30.0 Å². The quantitative estimate of drug-likeness (QED) is 0.572. The molecule has 29 heavy (non-hydrogen) atoms. The highest BCUT2D eigenvalue weighted by atomic mass is 32.1. The molecule has 0 spiro atoms. The van der Waals surface area contributed by atoms with Gasteiger partial charge in [0, 0.05) is 42.1 Å². The number of benzene rings is 1. The van der Waals surface area contributed by atoms with Crippen molar-refractivity contribution in [1.29, 1.82) is 0 Å². The number of aromatic nitrogens is 2. The fraction of sp³-hybridized carbons (Fsp3) is 0.300. The van der Waals surface area contributed by atoms with Gasteiger partial charge in [-0.2, -0.15) is 0 Å². The Morgan fingerprint density at radius 3 is 2.55 bits per heavy atom. The summed E-state index contributed by atoms with van der Waals surface area (Å²) in [4.78, 5) is 43.0. The van der Waals surface area contributed by atoms with Crippen molar-refractivity contribution in [3.05, 3.63) is 53.3 Å². The third kappa shape index (κ3) is 5.20. The van der Waals surface area contributed by atoms with Crippen molar-refractivity contribution in [3.8, 4) is 0 Å². The van der Waals surface area contributed by atoms with Crippen molar-refractivity contribution in [1.82, 2.24) is 14.3 Å². The zero-order chi connectivity index (χ0) is 20.8. The van der Waals surface area contributed by atoms with Crippen molar-refractivity contribution in [2.24, 2.45) is 0 Å². The van der Waals surface area contributed by atoms with E-state index in [4.69, 9.17) is 4.74 Å². The molecule has 0 saturated carbocycles. The van der Waals surface area contributed by atoms with E-state index in [1.807, 2.05) is 29.8 Å². The minimum absolute atomic E-state index is 0.00382. The first-order chi connectivity index (χ1) is 14.0. The number of nitrogens with one attached hydrogen (secondary N) is 1. The highest BCUT2D eigenvalue weighted by Gasteiger charge is 2.14. The molecule has 2 amide bonds. The van der Waals surface area contributed by atoms with Gasteiger partial charge in [0.1, 0.15) is 0 Å². The molecule has 3 aromatic rings. The Morgan fingerprint density at radius 1 is 1.17 bits per heavy atom. The van der Waals surface area contributed by atoms with E-state index >= 15 is 0 Å². The lowest BCUT2D eigenvalue weighted by atomic mass is 10.2. The van der Waals surface area contributed by atoms with E-state index in [-0.39, 0.29) is 18.9 Å². The standard InChI is InChI=1S/C20H22N4O4S/c1-3-23(4-2)19(27)14-5-7-15(8-6-14)21-17(25)13-28-18(26)11-16-12-24-9-10-29-20(24)22-16/h5-10,12H,3-4,11,13H2,1-2H3,(H,21,25).